The van der Waals surface area contributed by atoms with Crippen molar-refractivity contribution in [3.8, 4) is 0 Å². The number of halogens is 1. The molecular formula is C19H15ClN2O3S. The molecule has 1 amide bonds. The maximum atomic E-state index is 12.4. The van der Waals surface area contributed by atoms with Crippen LogP contribution in [0.25, 0.3) is 0 Å². The Morgan fingerprint density at radius 1 is 0.808 bits per heavy atom. The van der Waals surface area contributed by atoms with Crippen LogP contribution in [0.1, 0.15) is 10.4 Å². The summed E-state index contributed by atoms with van der Waals surface area (Å²) >= 11 is 5.89. The number of carbonyl (C=O) groups excluding carboxylic acids is 1. The number of sulfonamides is 1. The molecule has 0 saturated carbocycles. The number of rotatable bonds is 5. The van der Waals surface area contributed by atoms with Crippen LogP contribution in [0.2, 0.25) is 5.02 Å². The minimum Gasteiger partial charge on any atom is -0.322 e. The van der Waals surface area contributed by atoms with E-state index >= 15 is 0 Å². The van der Waals surface area contributed by atoms with Gasteiger partial charge in [0.2, 0.25) is 0 Å². The van der Waals surface area contributed by atoms with E-state index in [2.05, 4.69) is 10.0 Å². The van der Waals surface area contributed by atoms with Crippen molar-refractivity contribution >= 4 is 38.9 Å². The summed E-state index contributed by atoms with van der Waals surface area (Å²) in [5.74, 6) is -0.337. The molecule has 132 valence electrons. The summed E-state index contributed by atoms with van der Waals surface area (Å²) in [5, 5.41) is 3.18. The predicted molar refractivity (Wildman–Crippen MR) is 103 cm³/mol. The van der Waals surface area contributed by atoms with Gasteiger partial charge in [-0.05, 0) is 48.5 Å². The largest absolute Gasteiger partial charge is 0.322 e. The van der Waals surface area contributed by atoms with Crippen molar-refractivity contribution < 1.29 is 13.2 Å². The molecule has 0 bridgehead atoms. The van der Waals surface area contributed by atoms with Crippen molar-refractivity contribution in [2.24, 2.45) is 0 Å². The fourth-order valence-electron chi connectivity index (χ4n) is 2.31. The molecule has 0 unspecified atom stereocenters. The Morgan fingerprint density at radius 3 is 2.23 bits per heavy atom. The highest BCUT2D eigenvalue weighted by Gasteiger charge is 2.14. The van der Waals surface area contributed by atoms with Gasteiger partial charge in [0.05, 0.1) is 10.6 Å². The van der Waals surface area contributed by atoms with Gasteiger partial charge in [-0.25, -0.2) is 8.42 Å². The zero-order valence-corrected chi connectivity index (χ0v) is 15.1. The summed E-state index contributed by atoms with van der Waals surface area (Å²) in [7, 11) is -3.70. The summed E-state index contributed by atoms with van der Waals surface area (Å²) in [6, 6.07) is 21.1. The predicted octanol–water partition coefficient (Wildman–Crippen LogP) is 4.39. The fourth-order valence-corrected chi connectivity index (χ4v) is 3.57. The van der Waals surface area contributed by atoms with Crippen LogP contribution in [0.4, 0.5) is 11.4 Å². The second-order valence-electron chi connectivity index (χ2n) is 5.46. The highest BCUT2D eigenvalue weighted by Crippen LogP contribution is 2.20. The van der Waals surface area contributed by atoms with Crippen LogP contribution in [0.5, 0.6) is 0 Å². The summed E-state index contributed by atoms with van der Waals surface area (Å²) in [6.07, 6.45) is 0. The molecule has 26 heavy (non-hydrogen) atoms. The van der Waals surface area contributed by atoms with Crippen LogP contribution in [0.3, 0.4) is 0 Å². The van der Waals surface area contributed by atoms with E-state index in [0.717, 1.165) is 0 Å². The van der Waals surface area contributed by atoms with Gasteiger partial charge in [-0.1, -0.05) is 41.9 Å². The van der Waals surface area contributed by atoms with Gasteiger partial charge in [-0.2, -0.15) is 0 Å². The van der Waals surface area contributed by atoms with E-state index in [9.17, 15) is 13.2 Å². The minimum atomic E-state index is -3.70. The molecule has 0 radical (unpaired) electrons. The first-order chi connectivity index (χ1) is 12.4. The molecule has 0 spiro atoms. The average molecular weight is 387 g/mol. The maximum absolute atomic E-state index is 12.4. The molecule has 0 aliphatic rings. The van der Waals surface area contributed by atoms with Crippen molar-refractivity contribution in [3.63, 3.8) is 0 Å². The van der Waals surface area contributed by atoms with Gasteiger partial charge >= 0.3 is 0 Å². The summed E-state index contributed by atoms with van der Waals surface area (Å²) in [6.45, 7) is 0. The number of hydrogen-bond donors (Lipinski definition) is 2. The number of nitrogens with one attached hydrogen (secondary N) is 2. The lowest BCUT2D eigenvalue weighted by Crippen LogP contribution is -2.14. The number of hydrogen-bond acceptors (Lipinski definition) is 3. The van der Waals surface area contributed by atoms with E-state index in [1.807, 2.05) is 0 Å². The van der Waals surface area contributed by atoms with Crippen molar-refractivity contribution in [1.82, 2.24) is 0 Å². The van der Waals surface area contributed by atoms with Crippen LogP contribution >= 0.6 is 11.6 Å². The van der Waals surface area contributed by atoms with Crippen molar-refractivity contribution in [2.45, 2.75) is 4.90 Å². The highest BCUT2D eigenvalue weighted by molar-refractivity contribution is 7.92. The van der Waals surface area contributed by atoms with Crippen molar-refractivity contribution in [1.29, 1.82) is 0 Å². The molecule has 3 aromatic rings. The molecule has 0 heterocycles. The van der Waals surface area contributed by atoms with E-state index in [0.29, 0.717) is 22.0 Å². The number of anilines is 2. The third-order valence-electron chi connectivity index (χ3n) is 3.51. The zero-order chi connectivity index (χ0) is 18.6. The zero-order valence-electron chi connectivity index (χ0n) is 13.5. The smallest absolute Gasteiger partial charge is 0.261 e. The van der Waals surface area contributed by atoms with Gasteiger partial charge in [-0.3, -0.25) is 9.52 Å². The third-order valence-corrected chi connectivity index (χ3v) is 5.15. The standard InChI is InChI=1S/C19H15ClN2O3S/c20-15-7-4-6-14(12-15)19(23)21-16-8-5-9-17(13-16)22-26(24,25)18-10-2-1-3-11-18/h1-13,22H,(H,21,23). The quantitative estimate of drug-likeness (QED) is 0.682. The van der Waals surface area contributed by atoms with Gasteiger partial charge in [0, 0.05) is 16.3 Å². The SMILES string of the molecule is O=C(Nc1cccc(NS(=O)(=O)c2ccccc2)c1)c1cccc(Cl)c1. The third kappa shape index (κ3) is 4.41. The molecule has 0 aliphatic heterocycles. The van der Waals surface area contributed by atoms with Gasteiger partial charge in [0.15, 0.2) is 0 Å². The minimum absolute atomic E-state index is 0.161. The van der Waals surface area contributed by atoms with Crippen LogP contribution in [-0.4, -0.2) is 14.3 Å². The monoisotopic (exact) mass is 386 g/mol. The van der Waals surface area contributed by atoms with Gasteiger partial charge in [-0.15, -0.1) is 0 Å². The Balaban J connectivity index is 1.77. The lowest BCUT2D eigenvalue weighted by Gasteiger charge is -2.10. The van der Waals surface area contributed by atoms with Crippen LogP contribution < -0.4 is 10.0 Å². The number of benzene rings is 3. The average Bonchev–Trinajstić information content (AvgIpc) is 2.62. The van der Waals surface area contributed by atoms with E-state index < -0.39 is 10.0 Å². The molecular weight excluding hydrogens is 372 g/mol. The van der Waals surface area contributed by atoms with E-state index in [1.165, 1.54) is 12.1 Å². The topological polar surface area (TPSA) is 75.3 Å². The second-order valence-corrected chi connectivity index (χ2v) is 7.58. The first kappa shape index (κ1) is 18.0. The molecule has 2 N–H and O–H groups in total. The molecule has 3 rings (SSSR count). The Morgan fingerprint density at radius 2 is 1.50 bits per heavy atom. The molecule has 0 saturated heterocycles. The lowest BCUT2D eigenvalue weighted by molar-refractivity contribution is 0.102. The summed E-state index contributed by atoms with van der Waals surface area (Å²) < 4.78 is 27.3. The molecule has 7 heteroatoms. The first-order valence-corrected chi connectivity index (χ1v) is 9.55. The van der Waals surface area contributed by atoms with Crippen LogP contribution in [0.15, 0.2) is 83.8 Å². The normalized spacial score (nSPS) is 11.0. The Hall–Kier alpha value is -2.83. The molecule has 0 aromatic heterocycles. The summed E-state index contributed by atoms with van der Waals surface area (Å²) in [5.41, 5.74) is 1.22. The molecule has 0 atom stereocenters. The van der Waals surface area contributed by atoms with Gasteiger partial charge < -0.3 is 5.32 Å². The fraction of sp³-hybridized carbons (Fsp3) is 0. The highest BCUT2D eigenvalue weighted by atomic mass is 35.5. The van der Waals surface area contributed by atoms with E-state index in [4.69, 9.17) is 11.6 Å². The summed E-state index contributed by atoms with van der Waals surface area (Å²) in [4.78, 5) is 12.4. The second kappa shape index (κ2) is 7.59. The Bertz CT molecular complexity index is 1040. The Labute approximate surface area is 156 Å². The number of amides is 1. The first-order valence-electron chi connectivity index (χ1n) is 7.69. The van der Waals surface area contributed by atoms with Gasteiger partial charge in [0.1, 0.15) is 0 Å². The lowest BCUT2D eigenvalue weighted by atomic mass is 10.2. The number of carbonyl (C=O) groups is 1. The van der Waals surface area contributed by atoms with Crippen LogP contribution in [-0.2, 0) is 10.0 Å². The van der Waals surface area contributed by atoms with E-state index in [1.54, 1.807) is 66.7 Å². The van der Waals surface area contributed by atoms with Crippen molar-refractivity contribution in [2.75, 3.05) is 10.0 Å². The molecule has 5 nitrogen and oxygen atoms in total. The molecule has 0 fully saturated rings. The molecule has 0 aliphatic carbocycles. The maximum Gasteiger partial charge on any atom is 0.261 e. The van der Waals surface area contributed by atoms with Gasteiger partial charge in [0.25, 0.3) is 15.9 Å². The van der Waals surface area contributed by atoms with Crippen LogP contribution in [0, 0.1) is 0 Å². The van der Waals surface area contributed by atoms with Crippen molar-refractivity contribution in [3.05, 3.63) is 89.4 Å². The Kier molecular flexibility index (Phi) is 5.25. The molecule has 3 aromatic carbocycles. The van der Waals surface area contributed by atoms with E-state index in [-0.39, 0.29) is 10.8 Å².